The molecule has 1 aliphatic rings. The molecule has 2 N–H and O–H groups in total. The number of carbonyl (C=O) groups excluding carboxylic acids is 1. The van der Waals surface area contributed by atoms with Crippen LogP contribution in [0.3, 0.4) is 0 Å². The van der Waals surface area contributed by atoms with Crippen LogP contribution in [0, 0.1) is 11.8 Å². The number of alkyl halides is 3. The van der Waals surface area contributed by atoms with E-state index in [1.54, 1.807) is 0 Å². The molecular formula is C11H19F3N2O. The summed E-state index contributed by atoms with van der Waals surface area (Å²) >= 11 is 0. The molecule has 0 bridgehead atoms. The van der Waals surface area contributed by atoms with Crippen molar-refractivity contribution in [2.24, 2.45) is 11.8 Å². The van der Waals surface area contributed by atoms with Gasteiger partial charge in [0.1, 0.15) is 0 Å². The third kappa shape index (κ3) is 5.39. The van der Waals surface area contributed by atoms with Crippen LogP contribution in [0.5, 0.6) is 0 Å². The fourth-order valence-corrected chi connectivity index (χ4v) is 1.95. The monoisotopic (exact) mass is 252 g/mol. The molecule has 1 rings (SSSR count). The molecule has 0 radical (unpaired) electrons. The van der Waals surface area contributed by atoms with Gasteiger partial charge in [-0.05, 0) is 25.3 Å². The van der Waals surface area contributed by atoms with Crippen LogP contribution in [0.1, 0.15) is 26.2 Å². The number of hydrogen-bond acceptors (Lipinski definition) is 2. The van der Waals surface area contributed by atoms with Gasteiger partial charge in [-0.2, -0.15) is 13.2 Å². The van der Waals surface area contributed by atoms with Crippen molar-refractivity contribution < 1.29 is 18.0 Å². The van der Waals surface area contributed by atoms with Crippen LogP contribution in [0.15, 0.2) is 0 Å². The lowest BCUT2D eigenvalue weighted by atomic mass is 9.97. The number of unbranched alkanes of at least 4 members (excludes halogenated alkanes) is 1. The zero-order chi connectivity index (χ0) is 12.9. The molecule has 100 valence electrons. The summed E-state index contributed by atoms with van der Waals surface area (Å²) in [7, 11) is 0. The van der Waals surface area contributed by atoms with E-state index in [9.17, 15) is 18.0 Å². The molecule has 17 heavy (non-hydrogen) atoms. The first-order valence-electron chi connectivity index (χ1n) is 5.95. The molecular weight excluding hydrogens is 233 g/mol. The Morgan fingerprint density at radius 1 is 1.35 bits per heavy atom. The summed E-state index contributed by atoms with van der Waals surface area (Å²) in [6.07, 6.45) is -4.42. The van der Waals surface area contributed by atoms with Crippen LogP contribution in [0.25, 0.3) is 0 Å². The van der Waals surface area contributed by atoms with Crippen LogP contribution >= 0.6 is 0 Å². The van der Waals surface area contributed by atoms with Crippen molar-refractivity contribution in [2.45, 2.75) is 32.4 Å². The SMILES string of the molecule is C[C@@H]1CNC[C@H]1C(=O)NCCCCC(F)(F)F. The molecule has 0 aliphatic carbocycles. The molecule has 1 saturated heterocycles. The van der Waals surface area contributed by atoms with Gasteiger partial charge in [-0.15, -0.1) is 0 Å². The first kappa shape index (κ1) is 14.3. The summed E-state index contributed by atoms with van der Waals surface area (Å²) in [5.41, 5.74) is 0. The van der Waals surface area contributed by atoms with Crippen molar-refractivity contribution in [3.63, 3.8) is 0 Å². The highest BCUT2D eigenvalue weighted by atomic mass is 19.4. The summed E-state index contributed by atoms with van der Waals surface area (Å²) in [4.78, 5) is 11.6. The van der Waals surface area contributed by atoms with Crippen LogP contribution in [-0.2, 0) is 4.79 Å². The molecule has 1 fully saturated rings. The van der Waals surface area contributed by atoms with Gasteiger partial charge in [0.25, 0.3) is 0 Å². The summed E-state index contributed by atoms with van der Waals surface area (Å²) in [5, 5.41) is 5.81. The number of amides is 1. The maximum Gasteiger partial charge on any atom is 0.389 e. The number of halogens is 3. The molecule has 0 unspecified atom stereocenters. The highest BCUT2D eigenvalue weighted by Crippen LogP contribution is 2.22. The van der Waals surface area contributed by atoms with Crippen LogP contribution in [0.4, 0.5) is 13.2 Å². The number of carbonyl (C=O) groups is 1. The van der Waals surface area contributed by atoms with Crippen LogP contribution in [-0.4, -0.2) is 31.7 Å². The topological polar surface area (TPSA) is 41.1 Å². The van der Waals surface area contributed by atoms with Crippen molar-refractivity contribution in [3.05, 3.63) is 0 Å². The summed E-state index contributed by atoms with van der Waals surface area (Å²) in [6.45, 7) is 3.81. The predicted octanol–water partition coefficient (Wildman–Crippen LogP) is 1.69. The fraction of sp³-hybridized carbons (Fsp3) is 0.909. The van der Waals surface area contributed by atoms with Gasteiger partial charge in [0.2, 0.25) is 5.91 Å². The van der Waals surface area contributed by atoms with Gasteiger partial charge in [0.05, 0.1) is 5.92 Å². The Morgan fingerprint density at radius 3 is 2.59 bits per heavy atom. The molecule has 0 aromatic rings. The Balaban J connectivity index is 2.08. The number of nitrogens with one attached hydrogen (secondary N) is 2. The lowest BCUT2D eigenvalue weighted by Gasteiger charge is -2.14. The van der Waals surface area contributed by atoms with E-state index in [1.165, 1.54) is 0 Å². The van der Waals surface area contributed by atoms with Gasteiger partial charge in [-0.25, -0.2) is 0 Å². The zero-order valence-electron chi connectivity index (χ0n) is 9.94. The van der Waals surface area contributed by atoms with Gasteiger partial charge in [0.15, 0.2) is 0 Å². The molecule has 0 spiro atoms. The second-order valence-electron chi connectivity index (χ2n) is 4.61. The Bertz CT molecular complexity index is 256. The van der Waals surface area contributed by atoms with Gasteiger partial charge >= 0.3 is 6.18 Å². The molecule has 1 heterocycles. The average molecular weight is 252 g/mol. The van der Waals surface area contributed by atoms with Gasteiger partial charge in [-0.3, -0.25) is 4.79 Å². The summed E-state index contributed by atoms with van der Waals surface area (Å²) < 4.78 is 35.5. The molecule has 1 amide bonds. The zero-order valence-corrected chi connectivity index (χ0v) is 9.94. The van der Waals surface area contributed by atoms with E-state index in [0.29, 0.717) is 25.4 Å². The van der Waals surface area contributed by atoms with E-state index in [0.717, 1.165) is 6.54 Å². The number of hydrogen-bond donors (Lipinski definition) is 2. The quantitative estimate of drug-likeness (QED) is 0.731. The first-order chi connectivity index (χ1) is 7.90. The molecule has 3 nitrogen and oxygen atoms in total. The lowest BCUT2D eigenvalue weighted by Crippen LogP contribution is -2.34. The Morgan fingerprint density at radius 2 is 2.06 bits per heavy atom. The Hall–Kier alpha value is -0.780. The van der Waals surface area contributed by atoms with Gasteiger partial charge in [0, 0.05) is 19.5 Å². The highest BCUT2D eigenvalue weighted by molar-refractivity contribution is 5.79. The molecule has 2 atom stereocenters. The maximum atomic E-state index is 11.8. The van der Waals surface area contributed by atoms with Crippen molar-refractivity contribution >= 4 is 5.91 Å². The van der Waals surface area contributed by atoms with E-state index in [1.807, 2.05) is 6.92 Å². The second kappa shape index (κ2) is 6.23. The largest absolute Gasteiger partial charge is 0.389 e. The van der Waals surface area contributed by atoms with E-state index in [4.69, 9.17) is 0 Å². The normalized spacial score (nSPS) is 24.9. The third-order valence-corrected chi connectivity index (χ3v) is 3.04. The van der Waals surface area contributed by atoms with Crippen molar-refractivity contribution in [2.75, 3.05) is 19.6 Å². The van der Waals surface area contributed by atoms with E-state index < -0.39 is 12.6 Å². The molecule has 0 aromatic carbocycles. The summed E-state index contributed by atoms with van der Waals surface area (Å²) in [5.74, 6) is 0.206. The van der Waals surface area contributed by atoms with Crippen LogP contribution < -0.4 is 10.6 Å². The summed E-state index contributed by atoms with van der Waals surface area (Å²) in [6, 6.07) is 0. The second-order valence-corrected chi connectivity index (χ2v) is 4.61. The minimum Gasteiger partial charge on any atom is -0.356 e. The minimum absolute atomic E-state index is 0.0439. The Kier molecular flexibility index (Phi) is 5.24. The van der Waals surface area contributed by atoms with Crippen molar-refractivity contribution in [1.82, 2.24) is 10.6 Å². The average Bonchev–Trinajstić information content (AvgIpc) is 2.62. The van der Waals surface area contributed by atoms with E-state index in [-0.39, 0.29) is 18.2 Å². The maximum absolute atomic E-state index is 11.8. The molecule has 1 aliphatic heterocycles. The third-order valence-electron chi connectivity index (χ3n) is 3.04. The van der Waals surface area contributed by atoms with Crippen molar-refractivity contribution in [1.29, 1.82) is 0 Å². The Labute approximate surface area is 99.1 Å². The standard InChI is InChI=1S/C11H19F3N2O/c1-8-6-15-7-9(8)10(17)16-5-3-2-4-11(12,13)14/h8-9,15H,2-7H2,1H3,(H,16,17)/t8-,9-/m1/s1. The fourth-order valence-electron chi connectivity index (χ4n) is 1.95. The number of rotatable bonds is 5. The molecule has 0 saturated carbocycles. The smallest absolute Gasteiger partial charge is 0.356 e. The minimum atomic E-state index is -4.09. The van der Waals surface area contributed by atoms with E-state index >= 15 is 0 Å². The first-order valence-corrected chi connectivity index (χ1v) is 5.95. The lowest BCUT2D eigenvalue weighted by molar-refractivity contribution is -0.135. The van der Waals surface area contributed by atoms with Crippen LogP contribution in [0.2, 0.25) is 0 Å². The predicted molar refractivity (Wildman–Crippen MR) is 58.4 cm³/mol. The van der Waals surface area contributed by atoms with E-state index in [2.05, 4.69) is 10.6 Å². The highest BCUT2D eigenvalue weighted by Gasteiger charge is 2.29. The molecule has 0 aromatic heterocycles. The van der Waals surface area contributed by atoms with Gasteiger partial charge < -0.3 is 10.6 Å². The van der Waals surface area contributed by atoms with Gasteiger partial charge in [-0.1, -0.05) is 6.92 Å². The van der Waals surface area contributed by atoms with Crippen molar-refractivity contribution in [3.8, 4) is 0 Å². The molecule has 6 heteroatoms.